The van der Waals surface area contributed by atoms with E-state index in [4.69, 9.17) is 4.74 Å². The summed E-state index contributed by atoms with van der Waals surface area (Å²) in [6, 6.07) is 6.54. The van der Waals surface area contributed by atoms with E-state index in [0.717, 1.165) is 31.3 Å². The maximum absolute atomic E-state index is 5.53. The molecule has 0 unspecified atom stereocenters. The van der Waals surface area contributed by atoms with Gasteiger partial charge in [-0.2, -0.15) is 0 Å². The normalized spacial score (nSPS) is 15.8. The van der Waals surface area contributed by atoms with Crippen LogP contribution in [0.1, 0.15) is 43.7 Å². The third-order valence-corrected chi connectivity index (χ3v) is 4.41. The molecule has 1 aromatic carbocycles. The minimum atomic E-state index is 0.894. The Kier molecular flexibility index (Phi) is 6.52. The van der Waals surface area contributed by atoms with E-state index < -0.39 is 0 Å². The molecule has 0 radical (unpaired) electrons. The molecule has 1 aromatic rings. The van der Waals surface area contributed by atoms with Crippen molar-refractivity contribution in [3.05, 3.63) is 29.3 Å². The Hall–Kier alpha value is -1.06. The van der Waals surface area contributed by atoms with Crippen LogP contribution in [-0.2, 0) is 13.1 Å². The van der Waals surface area contributed by atoms with Crippen molar-refractivity contribution in [2.24, 2.45) is 5.92 Å². The van der Waals surface area contributed by atoms with Gasteiger partial charge < -0.3 is 15.0 Å². The van der Waals surface area contributed by atoms with Gasteiger partial charge in [0, 0.05) is 25.2 Å². The van der Waals surface area contributed by atoms with Crippen LogP contribution >= 0.6 is 0 Å². The topological polar surface area (TPSA) is 24.5 Å². The van der Waals surface area contributed by atoms with E-state index in [0.29, 0.717) is 0 Å². The van der Waals surface area contributed by atoms with Gasteiger partial charge in [-0.25, -0.2) is 0 Å². The third-order valence-electron chi connectivity index (χ3n) is 4.41. The van der Waals surface area contributed by atoms with E-state index in [-0.39, 0.29) is 0 Å². The maximum Gasteiger partial charge on any atom is 0.123 e. The molecule has 3 nitrogen and oxygen atoms in total. The molecular formula is C18H30N2O. The summed E-state index contributed by atoms with van der Waals surface area (Å²) in [6.07, 6.45) is 5.64. The average Bonchev–Trinajstić information content (AvgIpc) is 2.98. The second-order valence-corrected chi connectivity index (χ2v) is 6.27. The van der Waals surface area contributed by atoms with E-state index in [1.54, 1.807) is 7.11 Å². The first-order valence-corrected chi connectivity index (χ1v) is 8.28. The number of nitrogens with one attached hydrogen (secondary N) is 1. The van der Waals surface area contributed by atoms with Gasteiger partial charge in [-0.3, -0.25) is 0 Å². The fraction of sp³-hybridized carbons (Fsp3) is 0.667. The Balaban J connectivity index is 1.98. The molecule has 0 spiro atoms. The first-order valence-electron chi connectivity index (χ1n) is 8.28. The van der Waals surface area contributed by atoms with Crippen molar-refractivity contribution < 1.29 is 4.74 Å². The first-order chi connectivity index (χ1) is 10.2. The van der Waals surface area contributed by atoms with Crippen LogP contribution in [0.3, 0.4) is 0 Å². The molecule has 0 heterocycles. The molecule has 3 heteroatoms. The second-order valence-electron chi connectivity index (χ2n) is 6.27. The minimum Gasteiger partial charge on any atom is -0.496 e. The highest BCUT2D eigenvalue weighted by Gasteiger charge is 2.17. The predicted octanol–water partition coefficient (Wildman–Crippen LogP) is 3.43. The summed E-state index contributed by atoms with van der Waals surface area (Å²) in [5.74, 6) is 1.90. The Morgan fingerprint density at radius 3 is 2.71 bits per heavy atom. The van der Waals surface area contributed by atoms with Crippen LogP contribution in [0.2, 0.25) is 0 Å². The average molecular weight is 290 g/mol. The zero-order valence-electron chi connectivity index (χ0n) is 13.8. The third kappa shape index (κ3) is 5.01. The molecular weight excluding hydrogens is 260 g/mol. The van der Waals surface area contributed by atoms with Gasteiger partial charge in [0.25, 0.3) is 0 Å². The summed E-state index contributed by atoms with van der Waals surface area (Å²) in [4.78, 5) is 2.45. The fourth-order valence-electron chi connectivity index (χ4n) is 3.32. The Morgan fingerprint density at radius 1 is 1.29 bits per heavy atom. The quantitative estimate of drug-likeness (QED) is 0.794. The van der Waals surface area contributed by atoms with Gasteiger partial charge in [-0.1, -0.05) is 25.8 Å². The van der Waals surface area contributed by atoms with Crippen LogP contribution in [0.4, 0.5) is 0 Å². The van der Waals surface area contributed by atoms with Gasteiger partial charge in [-0.15, -0.1) is 0 Å². The van der Waals surface area contributed by atoms with Gasteiger partial charge in [0.15, 0.2) is 0 Å². The molecule has 0 aromatic heterocycles. The highest BCUT2D eigenvalue weighted by Crippen LogP contribution is 2.27. The van der Waals surface area contributed by atoms with Gasteiger partial charge in [0.1, 0.15) is 5.75 Å². The van der Waals surface area contributed by atoms with E-state index >= 15 is 0 Å². The van der Waals surface area contributed by atoms with E-state index in [9.17, 15) is 0 Å². The van der Waals surface area contributed by atoms with Gasteiger partial charge in [0.2, 0.25) is 0 Å². The van der Waals surface area contributed by atoms with Crippen LogP contribution in [0.25, 0.3) is 0 Å². The van der Waals surface area contributed by atoms with Crippen molar-refractivity contribution in [1.82, 2.24) is 10.2 Å². The smallest absolute Gasteiger partial charge is 0.123 e. The first kappa shape index (κ1) is 16.3. The molecule has 2 rings (SSSR count). The molecule has 21 heavy (non-hydrogen) atoms. The molecule has 1 fully saturated rings. The summed E-state index contributed by atoms with van der Waals surface area (Å²) in [7, 11) is 3.99. The fourth-order valence-corrected chi connectivity index (χ4v) is 3.32. The predicted molar refractivity (Wildman–Crippen MR) is 88.7 cm³/mol. The Morgan fingerprint density at radius 2 is 2.05 bits per heavy atom. The van der Waals surface area contributed by atoms with Crippen molar-refractivity contribution in [2.45, 2.75) is 45.7 Å². The standard InChI is InChI=1S/C18H30N2O/c1-4-19-12-16-9-10-18(21-3)17(11-16)14-20(2)13-15-7-5-6-8-15/h9-11,15,19H,4-8,12-14H2,1-3H3. The van der Waals surface area contributed by atoms with E-state index in [1.165, 1.54) is 43.4 Å². The molecule has 1 saturated carbocycles. The molecule has 1 N–H and O–H groups in total. The molecule has 0 amide bonds. The van der Waals surface area contributed by atoms with Crippen LogP contribution in [0, 0.1) is 5.92 Å². The number of ether oxygens (including phenoxy) is 1. The molecule has 0 saturated heterocycles. The molecule has 1 aliphatic carbocycles. The van der Waals surface area contributed by atoms with Gasteiger partial charge >= 0.3 is 0 Å². The summed E-state index contributed by atoms with van der Waals surface area (Å²) in [5.41, 5.74) is 2.63. The van der Waals surface area contributed by atoms with E-state index in [1.807, 2.05) is 0 Å². The van der Waals surface area contributed by atoms with Crippen LogP contribution in [0.5, 0.6) is 5.75 Å². The number of nitrogens with zero attached hydrogens (tertiary/aromatic N) is 1. The van der Waals surface area contributed by atoms with Crippen molar-refractivity contribution in [3.63, 3.8) is 0 Å². The largest absolute Gasteiger partial charge is 0.496 e. The highest BCUT2D eigenvalue weighted by molar-refractivity contribution is 5.37. The van der Waals surface area contributed by atoms with Gasteiger partial charge in [-0.05, 0) is 50.0 Å². The van der Waals surface area contributed by atoms with Gasteiger partial charge in [0.05, 0.1) is 7.11 Å². The summed E-state index contributed by atoms with van der Waals surface area (Å²) >= 11 is 0. The molecule has 0 aliphatic heterocycles. The lowest BCUT2D eigenvalue weighted by molar-refractivity contribution is 0.267. The highest BCUT2D eigenvalue weighted by atomic mass is 16.5. The summed E-state index contributed by atoms with van der Waals surface area (Å²) < 4.78 is 5.53. The van der Waals surface area contributed by atoms with Crippen molar-refractivity contribution in [2.75, 3.05) is 27.2 Å². The second kappa shape index (κ2) is 8.40. The summed E-state index contributed by atoms with van der Waals surface area (Å²) in [5, 5.41) is 3.39. The zero-order valence-corrected chi connectivity index (χ0v) is 13.8. The lowest BCUT2D eigenvalue weighted by Gasteiger charge is -2.22. The Bertz CT molecular complexity index is 427. The minimum absolute atomic E-state index is 0.894. The lowest BCUT2D eigenvalue weighted by Crippen LogP contribution is -2.24. The van der Waals surface area contributed by atoms with E-state index in [2.05, 4.69) is 42.4 Å². The number of rotatable bonds is 8. The van der Waals surface area contributed by atoms with Crippen molar-refractivity contribution in [1.29, 1.82) is 0 Å². The molecule has 1 aliphatic rings. The number of methoxy groups -OCH3 is 1. The maximum atomic E-state index is 5.53. The zero-order chi connectivity index (χ0) is 15.1. The molecule has 0 bridgehead atoms. The number of hydrogen-bond acceptors (Lipinski definition) is 3. The summed E-state index contributed by atoms with van der Waals surface area (Å²) in [6.45, 7) is 6.25. The lowest BCUT2D eigenvalue weighted by atomic mass is 10.1. The Labute approximate surface area is 129 Å². The molecule has 118 valence electrons. The van der Waals surface area contributed by atoms with Crippen LogP contribution in [-0.4, -0.2) is 32.1 Å². The monoisotopic (exact) mass is 290 g/mol. The van der Waals surface area contributed by atoms with Crippen molar-refractivity contribution >= 4 is 0 Å². The SMILES string of the molecule is CCNCc1ccc(OC)c(CN(C)CC2CCCC2)c1. The number of hydrogen-bond donors (Lipinski definition) is 1. The van der Waals surface area contributed by atoms with Crippen molar-refractivity contribution in [3.8, 4) is 5.75 Å². The number of benzene rings is 1. The van der Waals surface area contributed by atoms with Crippen LogP contribution in [0.15, 0.2) is 18.2 Å². The van der Waals surface area contributed by atoms with Crippen LogP contribution < -0.4 is 10.1 Å². The molecule has 0 atom stereocenters.